The minimum absolute atomic E-state index is 0.0958. The van der Waals surface area contributed by atoms with Gasteiger partial charge in [0.15, 0.2) is 0 Å². The number of carbonyl (C=O) groups is 3. The maximum atomic E-state index is 13.2. The lowest BCUT2D eigenvalue weighted by molar-refractivity contribution is -0.140. The molecule has 0 bridgehead atoms. The molecule has 3 N–H and O–H groups in total. The van der Waals surface area contributed by atoms with Crippen molar-refractivity contribution in [2.45, 2.75) is 65.8 Å². The first-order chi connectivity index (χ1) is 19.1. The Morgan fingerprint density at radius 2 is 1.65 bits per heavy atom. The molecule has 1 unspecified atom stereocenters. The molecule has 40 heavy (non-hydrogen) atoms. The Hall–Kier alpha value is -3.85. The first-order valence-corrected chi connectivity index (χ1v) is 13.8. The second-order valence-electron chi connectivity index (χ2n) is 10.5. The third kappa shape index (κ3) is 7.21. The van der Waals surface area contributed by atoms with E-state index in [1.807, 2.05) is 31.2 Å². The van der Waals surface area contributed by atoms with Gasteiger partial charge < -0.3 is 25.4 Å². The summed E-state index contributed by atoms with van der Waals surface area (Å²) < 4.78 is 10.5. The third-order valence-corrected chi connectivity index (χ3v) is 6.87. The van der Waals surface area contributed by atoms with E-state index in [4.69, 9.17) is 9.47 Å². The highest BCUT2D eigenvalue weighted by molar-refractivity contribution is 6.01. The number of ether oxygens (including phenoxy) is 2. The fourth-order valence-electron chi connectivity index (χ4n) is 4.85. The van der Waals surface area contributed by atoms with E-state index in [2.05, 4.69) is 43.6 Å². The van der Waals surface area contributed by atoms with Crippen LogP contribution in [0, 0.1) is 0 Å². The normalized spacial score (nSPS) is 15.4. The van der Waals surface area contributed by atoms with Gasteiger partial charge in [-0.1, -0.05) is 65.0 Å². The Morgan fingerprint density at radius 1 is 1.00 bits per heavy atom. The Kier molecular flexibility index (Phi) is 10.7. The number of hydrogen-bond acceptors (Lipinski definition) is 5. The molecule has 9 nitrogen and oxygen atoms in total. The van der Waals surface area contributed by atoms with E-state index < -0.39 is 12.0 Å². The third-order valence-electron chi connectivity index (χ3n) is 6.87. The number of amides is 4. The summed E-state index contributed by atoms with van der Waals surface area (Å²) in [5.41, 5.74) is 5.00. The van der Waals surface area contributed by atoms with Gasteiger partial charge in [0, 0.05) is 30.7 Å². The zero-order chi connectivity index (χ0) is 29.4. The topological polar surface area (TPSA) is 109 Å². The minimum Gasteiger partial charge on any atom is -0.460 e. The summed E-state index contributed by atoms with van der Waals surface area (Å²) >= 11 is 0. The summed E-state index contributed by atoms with van der Waals surface area (Å²) in [4.78, 5) is 40.9. The van der Waals surface area contributed by atoms with Crippen LogP contribution in [0.5, 0.6) is 0 Å². The lowest BCUT2D eigenvalue weighted by atomic mass is 9.93. The number of urea groups is 2. The van der Waals surface area contributed by atoms with E-state index in [0.717, 1.165) is 23.2 Å². The molecule has 0 aromatic heterocycles. The summed E-state index contributed by atoms with van der Waals surface area (Å²) in [6.07, 6.45) is 0.731. The number of esters is 1. The van der Waals surface area contributed by atoms with E-state index in [1.54, 1.807) is 30.0 Å². The van der Waals surface area contributed by atoms with Crippen LogP contribution in [0.1, 0.15) is 82.5 Å². The molecule has 1 aliphatic rings. The summed E-state index contributed by atoms with van der Waals surface area (Å²) in [7, 11) is 1.53. The van der Waals surface area contributed by atoms with Crippen molar-refractivity contribution in [3.8, 4) is 0 Å². The standard InChI is InChI=1S/C31H42N4O5/c1-8-15-35-21(6)26(29(36)40-17-16-39-7)27(34-31(35)38)22-11-9-12-23(18-22)32-30(37)33-28-24(19(2)3)13-10-14-25(28)20(4)5/h9-14,18-20,27H,8,15-17H2,1-7H3,(H,34,38)(H2,32,33,37). The van der Waals surface area contributed by atoms with Crippen molar-refractivity contribution >= 4 is 29.4 Å². The molecule has 0 aliphatic carbocycles. The van der Waals surface area contributed by atoms with Crippen molar-refractivity contribution in [3.63, 3.8) is 0 Å². The zero-order valence-corrected chi connectivity index (χ0v) is 24.6. The second-order valence-corrected chi connectivity index (χ2v) is 10.5. The van der Waals surface area contributed by atoms with Gasteiger partial charge >= 0.3 is 18.0 Å². The predicted molar refractivity (Wildman–Crippen MR) is 158 cm³/mol. The minimum atomic E-state index is -0.741. The molecular weight excluding hydrogens is 508 g/mol. The molecule has 1 atom stereocenters. The SMILES string of the molecule is CCCN1C(=O)NC(c2cccc(NC(=O)Nc3c(C(C)C)cccc3C(C)C)c2)C(C(=O)OCCOC)=C1C. The first kappa shape index (κ1) is 30.7. The molecule has 1 aliphatic heterocycles. The Balaban J connectivity index is 1.90. The number of hydrogen-bond donors (Lipinski definition) is 3. The van der Waals surface area contributed by atoms with Gasteiger partial charge in [-0.2, -0.15) is 0 Å². The molecule has 0 fully saturated rings. The average Bonchev–Trinajstić information content (AvgIpc) is 2.90. The second kappa shape index (κ2) is 14.0. The molecule has 9 heteroatoms. The maximum Gasteiger partial charge on any atom is 0.338 e. The fraction of sp³-hybridized carbons (Fsp3) is 0.452. The number of nitrogens with one attached hydrogen (secondary N) is 3. The van der Waals surface area contributed by atoms with Crippen LogP contribution in [0.3, 0.4) is 0 Å². The van der Waals surface area contributed by atoms with Crippen molar-refractivity contribution in [2.24, 2.45) is 0 Å². The van der Waals surface area contributed by atoms with E-state index in [1.165, 1.54) is 7.11 Å². The highest BCUT2D eigenvalue weighted by Gasteiger charge is 2.36. The number of anilines is 2. The lowest BCUT2D eigenvalue weighted by Gasteiger charge is -2.35. The van der Waals surface area contributed by atoms with Gasteiger partial charge in [0.25, 0.3) is 0 Å². The van der Waals surface area contributed by atoms with Gasteiger partial charge in [0.2, 0.25) is 0 Å². The van der Waals surface area contributed by atoms with Gasteiger partial charge in [-0.3, -0.25) is 4.90 Å². The van der Waals surface area contributed by atoms with Crippen LogP contribution in [0.25, 0.3) is 0 Å². The number of rotatable bonds is 11. The highest BCUT2D eigenvalue weighted by atomic mass is 16.6. The van der Waals surface area contributed by atoms with E-state index in [-0.39, 0.29) is 37.1 Å². The Labute approximate surface area is 237 Å². The van der Waals surface area contributed by atoms with E-state index in [9.17, 15) is 14.4 Å². The quantitative estimate of drug-likeness (QED) is 0.218. The number of methoxy groups -OCH3 is 1. The fourth-order valence-corrected chi connectivity index (χ4v) is 4.85. The van der Waals surface area contributed by atoms with Crippen LogP contribution in [0.15, 0.2) is 53.7 Å². The summed E-state index contributed by atoms with van der Waals surface area (Å²) in [5, 5.41) is 8.92. The monoisotopic (exact) mass is 550 g/mol. The number of nitrogens with zero attached hydrogens (tertiary/aromatic N) is 1. The first-order valence-electron chi connectivity index (χ1n) is 13.8. The Morgan fingerprint density at radius 3 is 2.25 bits per heavy atom. The zero-order valence-electron chi connectivity index (χ0n) is 24.6. The molecule has 2 aromatic carbocycles. The summed E-state index contributed by atoms with van der Waals surface area (Å²) in [5.74, 6) is -0.0588. The van der Waals surface area contributed by atoms with Crippen molar-refractivity contribution < 1.29 is 23.9 Å². The molecule has 1 heterocycles. The van der Waals surface area contributed by atoms with Crippen LogP contribution in [-0.4, -0.2) is 49.8 Å². The maximum absolute atomic E-state index is 13.2. The van der Waals surface area contributed by atoms with Crippen molar-refractivity contribution in [1.29, 1.82) is 0 Å². The number of para-hydroxylation sites is 1. The summed E-state index contributed by atoms with van der Waals surface area (Å²) in [6, 6.07) is 11.8. The largest absolute Gasteiger partial charge is 0.460 e. The number of allylic oxidation sites excluding steroid dienone is 1. The highest BCUT2D eigenvalue weighted by Crippen LogP contribution is 2.34. The van der Waals surface area contributed by atoms with Gasteiger partial charge in [0.1, 0.15) is 6.61 Å². The van der Waals surface area contributed by atoms with Crippen LogP contribution < -0.4 is 16.0 Å². The van der Waals surface area contributed by atoms with Gasteiger partial charge in [-0.15, -0.1) is 0 Å². The van der Waals surface area contributed by atoms with Crippen LogP contribution in [0.2, 0.25) is 0 Å². The molecular formula is C31H42N4O5. The van der Waals surface area contributed by atoms with Crippen LogP contribution >= 0.6 is 0 Å². The van der Waals surface area contributed by atoms with Gasteiger partial charge in [-0.25, -0.2) is 14.4 Å². The molecule has 0 spiro atoms. The van der Waals surface area contributed by atoms with E-state index >= 15 is 0 Å². The van der Waals surface area contributed by atoms with Gasteiger partial charge in [0.05, 0.1) is 18.2 Å². The van der Waals surface area contributed by atoms with Crippen LogP contribution in [-0.2, 0) is 14.3 Å². The van der Waals surface area contributed by atoms with E-state index in [0.29, 0.717) is 29.1 Å². The van der Waals surface area contributed by atoms with Crippen LogP contribution in [0.4, 0.5) is 21.0 Å². The molecule has 0 saturated heterocycles. The smallest absolute Gasteiger partial charge is 0.338 e. The average molecular weight is 551 g/mol. The number of benzene rings is 2. The molecule has 0 radical (unpaired) electrons. The lowest BCUT2D eigenvalue weighted by Crippen LogP contribution is -2.48. The number of carbonyl (C=O) groups excluding carboxylic acids is 3. The molecule has 4 amide bonds. The molecule has 0 saturated carbocycles. The van der Waals surface area contributed by atoms with Crippen molar-refractivity contribution in [2.75, 3.05) is 37.5 Å². The molecule has 3 rings (SSSR count). The van der Waals surface area contributed by atoms with Gasteiger partial charge in [-0.05, 0) is 54.0 Å². The Bertz CT molecular complexity index is 1230. The predicted octanol–water partition coefficient (Wildman–Crippen LogP) is 6.52. The summed E-state index contributed by atoms with van der Waals surface area (Å²) in [6.45, 7) is 12.9. The molecule has 216 valence electrons. The van der Waals surface area contributed by atoms with Crippen molar-refractivity contribution in [1.82, 2.24) is 10.2 Å². The van der Waals surface area contributed by atoms with Crippen molar-refractivity contribution in [3.05, 3.63) is 70.4 Å². The molecule has 2 aromatic rings.